The van der Waals surface area contributed by atoms with Crippen LogP contribution in [0.5, 0.6) is 5.75 Å². The number of pyridine rings is 1. The molecule has 14 heavy (non-hydrogen) atoms. The lowest BCUT2D eigenvalue weighted by Gasteiger charge is -2.10. The number of Topliss-reactive ketones (excluding diaryl/α,β-unsaturated/α-hetero) is 1. The van der Waals surface area contributed by atoms with Gasteiger partial charge in [-0.15, -0.1) is 0 Å². The van der Waals surface area contributed by atoms with Crippen molar-refractivity contribution < 1.29 is 14.3 Å². The molecule has 0 fully saturated rings. The molecule has 0 amide bonds. The number of ether oxygens (including phenoxy) is 2. The predicted molar refractivity (Wildman–Crippen MR) is 51.6 cm³/mol. The third-order valence-electron chi connectivity index (χ3n) is 1.95. The third-order valence-corrected chi connectivity index (χ3v) is 1.95. The van der Waals surface area contributed by atoms with Gasteiger partial charge in [0.2, 0.25) is 5.78 Å². The van der Waals surface area contributed by atoms with Crippen LogP contribution in [0.25, 0.3) is 0 Å². The standard InChI is InChI=1S/C10H13NO3/c1-7(13-2)10(12)9-8(14-3)5-4-6-11-9/h4-7H,1-3H3. The topological polar surface area (TPSA) is 48.4 Å². The summed E-state index contributed by atoms with van der Waals surface area (Å²) in [6, 6.07) is 3.41. The van der Waals surface area contributed by atoms with Gasteiger partial charge in [-0.1, -0.05) is 0 Å². The van der Waals surface area contributed by atoms with E-state index in [9.17, 15) is 4.79 Å². The molecule has 4 heteroatoms. The van der Waals surface area contributed by atoms with Crippen molar-refractivity contribution in [1.29, 1.82) is 0 Å². The Kier molecular flexibility index (Phi) is 3.59. The van der Waals surface area contributed by atoms with Gasteiger partial charge < -0.3 is 9.47 Å². The van der Waals surface area contributed by atoms with E-state index in [1.807, 2.05) is 0 Å². The summed E-state index contributed by atoms with van der Waals surface area (Å²) in [5.41, 5.74) is 0.310. The van der Waals surface area contributed by atoms with Gasteiger partial charge in [-0.3, -0.25) is 4.79 Å². The van der Waals surface area contributed by atoms with E-state index in [0.29, 0.717) is 11.4 Å². The van der Waals surface area contributed by atoms with E-state index < -0.39 is 6.10 Å². The molecule has 1 heterocycles. The molecule has 1 aromatic heterocycles. The smallest absolute Gasteiger partial charge is 0.213 e. The van der Waals surface area contributed by atoms with E-state index in [4.69, 9.17) is 9.47 Å². The fourth-order valence-corrected chi connectivity index (χ4v) is 1.04. The zero-order valence-corrected chi connectivity index (χ0v) is 8.48. The van der Waals surface area contributed by atoms with Crippen LogP contribution < -0.4 is 4.74 Å². The molecule has 76 valence electrons. The lowest BCUT2D eigenvalue weighted by molar-refractivity contribution is 0.0647. The van der Waals surface area contributed by atoms with Crippen molar-refractivity contribution in [2.45, 2.75) is 13.0 Å². The van der Waals surface area contributed by atoms with Crippen LogP contribution in [0.15, 0.2) is 18.3 Å². The van der Waals surface area contributed by atoms with Crippen LogP contribution in [-0.2, 0) is 4.74 Å². The Morgan fingerprint density at radius 2 is 2.21 bits per heavy atom. The van der Waals surface area contributed by atoms with Crippen LogP contribution in [0.1, 0.15) is 17.4 Å². The van der Waals surface area contributed by atoms with E-state index in [0.717, 1.165) is 0 Å². The minimum absolute atomic E-state index is 0.176. The minimum atomic E-state index is -0.501. The summed E-state index contributed by atoms with van der Waals surface area (Å²) < 4.78 is 9.94. The summed E-state index contributed by atoms with van der Waals surface area (Å²) in [4.78, 5) is 15.7. The highest BCUT2D eigenvalue weighted by molar-refractivity contribution is 5.99. The van der Waals surface area contributed by atoms with E-state index in [1.165, 1.54) is 14.2 Å². The maximum Gasteiger partial charge on any atom is 0.213 e. The molecule has 1 rings (SSSR count). The number of carbonyl (C=O) groups excluding carboxylic acids is 1. The highest BCUT2D eigenvalue weighted by Crippen LogP contribution is 2.16. The molecule has 0 saturated heterocycles. The number of ketones is 1. The molecule has 0 aliphatic carbocycles. The lowest BCUT2D eigenvalue weighted by Crippen LogP contribution is -2.20. The Hall–Kier alpha value is -1.42. The second-order valence-electron chi connectivity index (χ2n) is 2.80. The van der Waals surface area contributed by atoms with Crippen molar-refractivity contribution in [1.82, 2.24) is 4.98 Å². The first-order chi connectivity index (χ1) is 6.70. The normalized spacial score (nSPS) is 12.2. The number of methoxy groups -OCH3 is 2. The first-order valence-electron chi connectivity index (χ1n) is 4.26. The molecule has 0 aliphatic heterocycles. The molecule has 1 unspecified atom stereocenters. The summed E-state index contributed by atoms with van der Waals surface area (Å²) in [5, 5.41) is 0. The Morgan fingerprint density at radius 1 is 1.50 bits per heavy atom. The van der Waals surface area contributed by atoms with Crippen LogP contribution >= 0.6 is 0 Å². The van der Waals surface area contributed by atoms with Gasteiger partial charge in [-0.2, -0.15) is 0 Å². The Labute approximate surface area is 82.9 Å². The molecule has 0 bridgehead atoms. The Bertz CT molecular complexity index is 325. The molecule has 0 saturated carbocycles. The fourth-order valence-electron chi connectivity index (χ4n) is 1.04. The summed E-state index contributed by atoms with van der Waals surface area (Å²) >= 11 is 0. The summed E-state index contributed by atoms with van der Waals surface area (Å²) in [6.07, 6.45) is 1.05. The average molecular weight is 195 g/mol. The predicted octanol–water partition coefficient (Wildman–Crippen LogP) is 1.31. The number of carbonyl (C=O) groups is 1. The van der Waals surface area contributed by atoms with Gasteiger partial charge >= 0.3 is 0 Å². The largest absolute Gasteiger partial charge is 0.494 e. The number of nitrogens with zero attached hydrogens (tertiary/aromatic N) is 1. The lowest BCUT2D eigenvalue weighted by atomic mass is 10.1. The molecule has 0 aromatic carbocycles. The number of aromatic nitrogens is 1. The van der Waals surface area contributed by atoms with Crippen LogP contribution in [0.2, 0.25) is 0 Å². The monoisotopic (exact) mass is 195 g/mol. The Morgan fingerprint density at radius 3 is 2.79 bits per heavy atom. The minimum Gasteiger partial charge on any atom is -0.494 e. The second-order valence-corrected chi connectivity index (χ2v) is 2.80. The Balaban J connectivity index is 3.00. The molecule has 1 atom stereocenters. The van der Waals surface area contributed by atoms with Gasteiger partial charge in [0.05, 0.1) is 7.11 Å². The summed E-state index contributed by atoms with van der Waals surface area (Å²) in [5.74, 6) is 0.298. The van der Waals surface area contributed by atoms with Crippen molar-refractivity contribution in [3.05, 3.63) is 24.0 Å². The molecule has 0 aliphatic rings. The van der Waals surface area contributed by atoms with Gasteiger partial charge in [0.25, 0.3) is 0 Å². The zero-order chi connectivity index (χ0) is 10.6. The maximum absolute atomic E-state index is 11.7. The summed E-state index contributed by atoms with van der Waals surface area (Å²) in [6.45, 7) is 1.68. The average Bonchev–Trinajstić information content (AvgIpc) is 2.26. The van der Waals surface area contributed by atoms with Crippen molar-refractivity contribution in [2.24, 2.45) is 0 Å². The van der Waals surface area contributed by atoms with E-state index >= 15 is 0 Å². The summed E-state index contributed by atoms with van der Waals surface area (Å²) in [7, 11) is 2.99. The van der Waals surface area contributed by atoms with Crippen LogP contribution in [0.4, 0.5) is 0 Å². The van der Waals surface area contributed by atoms with Crippen LogP contribution in [-0.4, -0.2) is 31.1 Å². The SMILES string of the molecule is COc1cccnc1C(=O)C(C)OC. The van der Waals surface area contributed by atoms with Crippen LogP contribution in [0, 0.1) is 0 Å². The fraction of sp³-hybridized carbons (Fsp3) is 0.400. The molecule has 1 aromatic rings. The first-order valence-corrected chi connectivity index (χ1v) is 4.26. The van der Waals surface area contributed by atoms with Crippen molar-refractivity contribution in [3.63, 3.8) is 0 Å². The van der Waals surface area contributed by atoms with E-state index in [2.05, 4.69) is 4.98 Å². The van der Waals surface area contributed by atoms with Crippen LogP contribution in [0.3, 0.4) is 0 Å². The molecule has 0 radical (unpaired) electrons. The molecular weight excluding hydrogens is 182 g/mol. The highest BCUT2D eigenvalue weighted by Gasteiger charge is 2.19. The van der Waals surface area contributed by atoms with Gasteiger partial charge in [0.1, 0.15) is 11.9 Å². The zero-order valence-electron chi connectivity index (χ0n) is 8.48. The maximum atomic E-state index is 11.7. The van der Waals surface area contributed by atoms with Crippen molar-refractivity contribution in [2.75, 3.05) is 14.2 Å². The number of rotatable bonds is 4. The second kappa shape index (κ2) is 4.72. The van der Waals surface area contributed by atoms with Crippen molar-refractivity contribution >= 4 is 5.78 Å². The number of hydrogen-bond acceptors (Lipinski definition) is 4. The van der Waals surface area contributed by atoms with Gasteiger partial charge in [0, 0.05) is 13.3 Å². The quantitative estimate of drug-likeness (QED) is 0.679. The molecular formula is C10H13NO3. The highest BCUT2D eigenvalue weighted by atomic mass is 16.5. The van der Waals surface area contributed by atoms with Gasteiger partial charge in [0.15, 0.2) is 5.69 Å². The van der Waals surface area contributed by atoms with Crippen molar-refractivity contribution in [3.8, 4) is 5.75 Å². The molecule has 4 nitrogen and oxygen atoms in total. The molecule has 0 spiro atoms. The van der Waals surface area contributed by atoms with Gasteiger partial charge in [-0.05, 0) is 19.1 Å². The molecule has 0 N–H and O–H groups in total. The third kappa shape index (κ3) is 2.09. The van der Waals surface area contributed by atoms with Gasteiger partial charge in [-0.25, -0.2) is 4.98 Å². The van der Waals surface area contributed by atoms with E-state index in [-0.39, 0.29) is 5.78 Å². The first kappa shape index (κ1) is 10.7. The van der Waals surface area contributed by atoms with E-state index in [1.54, 1.807) is 25.3 Å². The number of hydrogen-bond donors (Lipinski definition) is 0.